The number of aliphatic hydroxyl groups excluding tert-OH is 1. The minimum absolute atomic E-state index is 0.00407. The van der Waals surface area contributed by atoms with E-state index in [1.807, 2.05) is 19.1 Å². The molecule has 0 heterocycles. The first-order valence-electron chi connectivity index (χ1n) is 5.93. The average Bonchev–Trinajstić information content (AvgIpc) is 2.30. The van der Waals surface area contributed by atoms with Gasteiger partial charge in [-0.05, 0) is 30.7 Å². The number of rotatable bonds is 5. The fourth-order valence-corrected chi connectivity index (χ4v) is 1.78. The van der Waals surface area contributed by atoms with Gasteiger partial charge in [-0.3, -0.25) is 0 Å². The topological polar surface area (TPSA) is 63.6 Å². The summed E-state index contributed by atoms with van der Waals surface area (Å²) in [5, 5.41) is 8.65. The number of aliphatic hydroxyl groups is 1. The van der Waals surface area contributed by atoms with E-state index in [9.17, 15) is 8.42 Å². The van der Waals surface area contributed by atoms with Gasteiger partial charge in [-0.1, -0.05) is 11.8 Å². The zero-order chi connectivity index (χ0) is 14.3. The van der Waals surface area contributed by atoms with Crippen molar-refractivity contribution in [3.63, 3.8) is 0 Å². The summed E-state index contributed by atoms with van der Waals surface area (Å²) in [4.78, 5) is 0. The predicted molar refractivity (Wildman–Crippen MR) is 75.0 cm³/mol. The van der Waals surface area contributed by atoms with Crippen LogP contribution in [0.1, 0.15) is 17.5 Å². The second kappa shape index (κ2) is 7.17. The van der Waals surface area contributed by atoms with Crippen molar-refractivity contribution >= 4 is 9.84 Å². The molecule has 0 saturated carbocycles. The van der Waals surface area contributed by atoms with Crippen LogP contribution >= 0.6 is 0 Å². The molecule has 0 aromatic heterocycles. The Morgan fingerprint density at radius 3 is 2.68 bits per heavy atom. The minimum Gasteiger partial charge on any atom is -0.493 e. The molecule has 0 aliphatic heterocycles. The van der Waals surface area contributed by atoms with Gasteiger partial charge < -0.3 is 9.84 Å². The molecule has 19 heavy (non-hydrogen) atoms. The monoisotopic (exact) mass is 282 g/mol. The number of sulfone groups is 1. The largest absolute Gasteiger partial charge is 0.493 e. The SMILES string of the molecule is Cc1cc(OCCS(C)(=O)=O)ccc1C#CCCO. The highest BCUT2D eigenvalue weighted by atomic mass is 32.2. The molecule has 104 valence electrons. The Balaban J connectivity index is 2.65. The molecule has 0 amide bonds. The van der Waals surface area contributed by atoms with Gasteiger partial charge in [0.2, 0.25) is 0 Å². The summed E-state index contributed by atoms with van der Waals surface area (Å²) in [5.41, 5.74) is 1.84. The van der Waals surface area contributed by atoms with Crippen LogP contribution in [0.5, 0.6) is 5.75 Å². The third kappa shape index (κ3) is 6.27. The molecule has 0 spiro atoms. The second-order valence-corrected chi connectivity index (χ2v) is 6.49. The molecule has 0 atom stereocenters. The van der Waals surface area contributed by atoms with Crippen molar-refractivity contribution in [1.82, 2.24) is 0 Å². The van der Waals surface area contributed by atoms with Crippen LogP contribution in [-0.2, 0) is 9.84 Å². The molecule has 0 aliphatic carbocycles. The van der Waals surface area contributed by atoms with Crippen LogP contribution in [0, 0.1) is 18.8 Å². The first kappa shape index (κ1) is 15.5. The van der Waals surface area contributed by atoms with Crippen molar-refractivity contribution < 1.29 is 18.3 Å². The molecular weight excluding hydrogens is 264 g/mol. The molecule has 1 aromatic carbocycles. The van der Waals surface area contributed by atoms with E-state index in [2.05, 4.69) is 11.8 Å². The molecule has 1 N–H and O–H groups in total. The number of ether oxygens (including phenoxy) is 1. The Kier molecular flexibility index (Phi) is 5.87. The summed E-state index contributed by atoms with van der Waals surface area (Å²) in [5.74, 6) is 6.45. The van der Waals surface area contributed by atoms with Crippen LogP contribution < -0.4 is 4.74 Å². The first-order valence-corrected chi connectivity index (χ1v) is 7.99. The third-order valence-corrected chi connectivity index (χ3v) is 3.29. The lowest BCUT2D eigenvalue weighted by atomic mass is 10.1. The lowest BCUT2D eigenvalue weighted by Crippen LogP contribution is -2.12. The summed E-state index contributed by atoms with van der Waals surface area (Å²) in [6.45, 7) is 2.11. The first-order chi connectivity index (χ1) is 8.92. The number of hydrogen-bond donors (Lipinski definition) is 1. The quantitative estimate of drug-likeness (QED) is 0.823. The fourth-order valence-electron chi connectivity index (χ4n) is 1.39. The molecule has 0 bridgehead atoms. The highest BCUT2D eigenvalue weighted by Crippen LogP contribution is 2.16. The van der Waals surface area contributed by atoms with Crippen molar-refractivity contribution in [2.45, 2.75) is 13.3 Å². The fraction of sp³-hybridized carbons (Fsp3) is 0.429. The number of aryl methyl sites for hydroxylation is 1. The van der Waals surface area contributed by atoms with Gasteiger partial charge in [0.15, 0.2) is 9.84 Å². The molecule has 0 radical (unpaired) electrons. The Morgan fingerprint density at radius 2 is 2.11 bits per heavy atom. The van der Waals surface area contributed by atoms with E-state index < -0.39 is 9.84 Å². The van der Waals surface area contributed by atoms with Crippen molar-refractivity contribution in [2.24, 2.45) is 0 Å². The highest BCUT2D eigenvalue weighted by molar-refractivity contribution is 7.90. The lowest BCUT2D eigenvalue weighted by molar-refractivity contribution is 0.305. The lowest BCUT2D eigenvalue weighted by Gasteiger charge is -2.07. The van der Waals surface area contributed by atoms with Gasteiger partial charge in [0.25, 0.3) is 0 Å². The maximum absolute atomic E-state index is 11.0. The molecule has 1 rings (SSSR count). The van der Waals surface area contributed by atoms with Crippen LogP contribution in [-0.4, -0.2) is 38.7 Å². The van der Waals surface area contributed by atoms with Crippen molar-refractivity contribution in [1.29, 1.82) is 0 Å². The number of benzene rings is 1. The van der Waals surface area contributed by atoms with E-state index in [1.54, 1.807) is 6.07 Å². The summed E-state index contributed by atoms with van der Waals surface area (Å²) in [6, 6.07) is 5.42. The highest BCUT2D eigenvalue weighted by Gasteiger charge is 2.03. The van der Waals surface area contributed by atoms with Gasteiger partial charge in [0, 0.05) is 18.2 Å². The van der Waals surface area contributed by atoms with Crippen LogP contribution in [0.2, 0.25) is 0 Å². The molecule has 0 saturated heterocycles. The van der Waals surface area contributed by atoms with Gasteiger partial charge in [-0.15, -0.1) is 0 Å². The van der Waals surface area contributed by atoms with Gasteiger partial charge >= 0.3 is 0 Å². The smallest absolute Gasteiger partial charge is 0.150 e. The van der Waals surface area contributed by atoms with Crippen LogP contribution in [0.15, 0.2) is 18.2 Å². The third-order valence-electron chi connectivity index (χ3n) is 2.38. The van der Waals surface area contributed by atoms with Gasteiger partial charge in [-0.2, -0.15) is 0 Å². The van der Waals surface area contributed by atoms with Gasteiger partial charge in [-0.25, -0.2) is 8.42 Å². The standard InChI is InChI=1S/C14H18O4S/c1-12-11-14(18-9-10-19(2,16)17)7-6-13(12)5-3-4-8-15/h6-7,11,15H,4,8-10H2,1-2H3. The molecular formula is C14H18O4S. The Morgan fingerprint density at radius 1 is 1.37 bits per heavy atom. The predicted octanol–water partition coefficient (Wildman–Crippen LogP) is 1.15. The van der Waals surface area contributed by atoms with E-state index >= 15 is 0 Å². The minimum atomic E-state index is -3.00. The maximum Gasteiger partial charge on any atom is 0.150 e. The molecule has 1 aromatic rings. The Labute approximate surface area is 114 Å². The summed E-state index contributed by atoms with van der Waals surface area (Å²) in [7, 11) is -3.00. The van der Waals surface area contributed by atoms with E-state index in [0.717, 1.165) is 11.1 Å². The molecule has 5 heteroatoms. The average molecular weight is 282 g/mol. The van der Waals surface area contributed by atoms with Crippen molar-refractivity contribution in [3.8, 4) is 17.6 Å². The van der Waals surface area contributed by atoms with Gasteiger partial charge in [0.1, 0.15) is 12.4 Å². The summed E-state index contributed by atoms with van der Waals surface area (Å²) < 4.78 is 27.3. The Bertz CT molecular complexity index is 579. The van der Waals surface area contributed by atoms with E-state index in [4.69, 9.17) is 9.84 Å². The zero-order valence-corrected chi connectivity index (χ0v) is 12.0. The van der Waals surface area contributed by atoms with Crippen LogP contribution in [0.25, 0.3) is 0 Å². The number of hydrogen-bond acceptors (Lipinski definition) is 4. The van der Waals surface area contributed by atoms with E-state index in [0.29, 0.717) is 12.2 Å². The molecule has 0 aliphatic rings. The van der Waals surface area contributed by atoms with Gasteiger partial charge in [0.05, 0.1) is 12.4 Å². The van der Waals surface area contributed by atoms with E-state index in [-0.39, 0.29) is 19.0 Å². The van der Waals surface area contributed by atoms with Crippen molar-refractivity contribution in [3.05, 3.63) is 29.3 Å². The molecule has 0 fully saturated rings. The van der Waals surface area contributed by atoms with E-state index in [1.165, 1.54) is 6.26 Å². The van der Waals surface area contributed by atoms with Crippen LogP contribution in [0.4, 0.5) is 0 Å². The summed E-state index contributed by atoms with van der Waals surface area (Å²) >= 11 is 0. The summed E-state index contributed by atoms with van der Waals surface area (Å²) in [6.07, 6.45) is 1.63. The maximum atomic E-state index is 11.0. The van der Waals surface area contributed by atoms with Crippen LogP contribution in [0.3, 0.4) is 0 Å². The zero-order valence-electron chi connectivity index (χ0n) is 11.1. The van der Waals surface area contributed by atoms with Crippen molar-refractivity contribution in [2.75, 3.05) is 25.2 Å². The Hall–Kier alpha value is -1.51. The normalized spacial score (nSPS) is 10.7. The molecule has 4 nitrogen and oxygen atoms in total. The molecule has 0 unspecified atom stereocenters. The second-order valence-electron chi connectivity index (χ2n) is 4.23.